The first-order valence-electron chi connectivity index (χ1n) is 6.34. The number of rotatable bonds is 2. The summed E-state index contributed by atoms with van der Waals surface area (Å²) in [5, 5.41) is 12.0. The van der Waals surface area contributed by atoms with E-state index in [2.05, 4.69) is 26.0 Å². The summed E-state index contributed by atoms with van der Waals surface area (Å²) in [4.78, 5) is 15.1. The standard InChI is InChI=1S/C14H6BrClF3N3O2/c15-7-3-1-6(2-4-7)8-5-9(14(17,18)19)22-12(20-8)10(16)11(21-22)13(23)24/h1-5H,(H,23,24). The molecule has 0 saturated heterocycles. The van der Waals surface area contributed by atoms with Crippen molar-refractivity contribution in [3.8, 4) is 11.3 Å². The summed E-state index contributed by atoms with van der Waals surface area (Å²) in [5.74, 6) is -1.54. The number of fused-ring (bicyclic) bond motifs is 1. The molecule has 0 bridgehead atoms. The third-order valence-electron chi connectivity index (χ3n) is 3.17. The highest BCUT2D eigenvalue weighted by atomic mass is 79.9. The first-order chi connectivity index (χ1) is 11.2. The van der Waals surface area contributed by atoms with Crippen LogP contribution in [0.2, 0.25) is 5.02 Å². The topological polar surface area (TPSA) is 67.5 Å². The van der Waals surface area contributed by atoms with Crippen LogP contribution in [-0.2, 0) is 6.18 Å². The summed E-state index contributed by atoms with van der Waals surface area (Å²) in [6.45, 7) is 0. The normalized spacial score (nSPS) is 11.9. The predicted molar refractivity (Wildman–Crippen MR) is 83.1 cm³/mol. The molecule has 1 N–H and O–H groups in total. The lowest BCUT2D eigenvalue weighted by Gasteiger charge is -2.11. The molecular weight excluding hydrogens is 415 g/mol. The van der Waals surface area contributed by atoms with Gasteiger partial charge in [0.1, 0.15) is 5.02 Å². The largest absolute Gasteiger partial charge is 0.476 e. The molecule has 0 unspecified atom stereocenters. The lowest BCUT2D eigenvalue weighted by Crippen LogP contribution is -2.14. The summed E-state index contributed by atoms with van der Waals surface area (Å²) in [5.41, 5.74) is -1.81. The summed E-state index contributed by atoms with van der Waals surface area (Å²) >= 11 is 9.09. The fourth-order valence-corrected chi connectivity index (χ4v) is 2.60. The molecule has 0 radical (unpaired) electrons. The first-order valence-corrected chi connectivity index (χ1v) is 7.51. The lowest BCUT2D eigenvalue weighted by molar-refractivity contribution is -0.142. The molecule has 0 saturated carbocycles. The van der Waals surface area contributed by atoms with Crippen LogP contribution >= 0.6 is 27.5 Å². The van der Waals surface area contributed by atoms with Gasteiger partial charge in [0.25, 0.3) is 0 Å². The molecule has 0 aliphatic rings. The number of halogens is 5. The number of carboxylic acids is 1. The van der Waals surface area contributed by atoms with Crippen molar-refractivity contribution < 1.29 is 23.1 Å². The second-order valence-electron chi connectivity index (χ2n) is 4.73. The van der Waals surface area contributed by atoms with Crippen LogP contribution in [0.25, 0.3) is 16.9 Å². The monoisotopic (exact) mass is 419 g/mol. The Balaban J connectivity index is 2.35. The molecule has 24 heavy (non-hydrogen) atoms. The van der Waals surface area contributed by atoms with Crippen LogP contribution in [0.15, 0.2) is 34.8 Å². The van der Waals surface area contributed by atoms with Crippen molar-refractivity contribution >= 4 is 39.1 Å². The van der Waals surface area contributed by atoms with Gasteiger partial charge >= 0.3 is 12.1 Å². The van der Waals surface area contributed by atoms with E-state index >= 15 is 0 Å². The highest BCUT2D eigenvalue weighted by molar-refractivity contribution is 9.10. The summed E-state index contributed by atoms with van der Waals surface area (Å²) < 4.78 is 41.1. The van der Waals surface area contributed by atoms with E-state index < -0.39 is 28.6 Å². The Morgan fingerprint density at radius 3 is 2.42 bits per heavy atom. The summed E-state index contributed by atoms with van der Waals surface area (Å²) in [6.07, 6.45) is -4.77. The maximum Gasteiger partial charge on any atom is 0.433 e. The van der Waals surface area contributed by atoms with Crippen LogP contribution in [0, 0.1) is 0 Å². The van der Waals surface area contributed by atoms with Crippen molar-refractivity contribution in [2.45, 2.75) is 6.18 Å². The summed E-state index contributed by atoms with van der Waals surface area (Å²) in [6, 6.07) is 7.24. The zero-order valence-electron chi connectivity index (χ0n) is 11.5. The Kier molecular flexibility index (Phi) is 4.00. The maximum absolute atomic E-state index is 13.3. The Morgan fingerprint density at radius 2 is 1.88 bits per heavy atom. The van der Waals surface area contributed by atoms with E-state index in [9.17, 15) is 18.0 Å². The van der Waals surface area contributed by atoms with Gasteiger partial charge in [-0.05, 0) is 18.2 Å². The molecule has 124 valence electrons. The van der Waals surface area contributed by atoms with Crippen molar-refractivity contribution in [2.24, 2.45) is 0 Å². The molecule has 10 heteroatoms. The third kappa shape index (κ3) is 2.84. The number of aromatic carboxylic acids is 1. The molecule has 1 aromatic carbocycles. The fourth-order valence-electron chi connectivity index (χ4n) is 2.10. The van der Waals surface area contributed by atoms with E-state index in [1.54, 1.807) is 24.3 Å². The van der Waals surface area contributed by atoms with Crippen LogP contribution in [0.1, 0.15) is 16.2 Å². The van der Waals surface area contributed by atoms with Gasteiger partial charge in [-0.25, -0.2) is 14.3 Å². The van der Waals surface area contributed by atoms with Crippen molar-refractivity contribution in [1.29, 1.82) is 0 Å². The quantitative estimate of drug-likeness (QED) is 0.661. The number of alkyl halides is 3. The van der Waals surface area contributed by atoms with Gasteiger partial charge in [-0.2, -0.15) is 18.3 Å². The van der Waals surface area contributed by atoms with Gasteiger partial charge in [0.05, 0.1) is 5.69 Å². The molecule has 0 spiro atoms. The average molecular weight is 421 g/mol. The van der Waals surface area contributed by atoms with Crippen LogP contribution in [0.3, 0.4) is 0 Å². The molecule has 2 heterocycles. The van der Waals surface area contributed by atoms with E-state index in [4.69, 9.17) is 16.7 Å². The fraction of sp³-hybridized carbons (Fsp3) is 0.0714. The molecule has 0 aliphatic heterocycles. The SMILES string of the molecule is O=C(O)c1nn2c(C(F)(F)F)cc(-c3ccc(Br)cc3)nc2c1Cl. The van der Waals surface area contributed by atoms with Crippen molar-refractivity contribution in [3.63, 3.8) is 0 Å². The van der Waals surface area contributed by atoms with E-state index in [1.165, 1.54) is 0 Å². The van der Waals surface area contributed by atoms with Gasteiger partial charge in [0.2, 0.25) is 0 Å². The first kappa shape index (κ1) is 16.7. The highest BCUT2D eigenvalue weighted by Gasteiger charge is 2.36. The van der Waals surface area contributed by atoms with E-state index in [0.717, 1.165) is 10.5 Å². The van der Waals surface area contributed by atoms with E-state index in [-0.39, 0.29) is 11.3 Å². The molecule has 0 amide bonds. The second kappa shape index (κ2) is 5.75. The van der Waals surface area contributed by atoms with Gasteiger partial charge < -0.3 is 5.11 Å². The maximum atomic E-state index is 13.3. The van der Waals surface area contributed by atoms with Crippen molar-refractivity contribution in [1.82, 2.24) is 14.6 Å². The molecule has 5 nitrogen and oxygen atoms in total. The van der Waals surface area contributed by atoms with Gasteiger partial charge in [-0.3, -0.25) is 0 Å². The summed E-state index contributed by atoms with van der Waals surface area (Å²) in [7, 11) is 0. The number of carbonyl (C=O) groups is 1. The van der Waals surface area contributed by atoms with Crippen LogP contribution in [-0.4, -0.2) is 25.7 Å². The lowest BCUT2D eigenvalue weighted by atomic mass is 10.1. The number of carboxylic acid groups (broad SMARTS) is 1. The number of benzene rings is 1. The van der Waals surface area contributed by atoms with Crippen molar-refractivity contribution in [2.75, 3.05) is 0 Å². The van der Waals surface area contributed by atoms with Crippen LogP contribution < -0.4 is 0 Å². The average Bonchev–Trinajstić information content (AvgIpc) is 2.83. The van der Waals surface area contributed by atoms with Gasteiger partial charge in [0, 0.05) is 10.0 Å². The molecule has 2 aromatic heterocycles. The molecule has 3 rings (SSSR count). The number of aromatic nitrogens is 3. The highest BCUT2D eigenvalue weighted by Crippen LogP contribution is 2.34. The Bertz CT molecular complexity index is 955. The van der Waals surface area contributed by atoms with Crippen LogP contribution in [0.5, 0.6) is 0 Å². The van der Waals surface area contributed by atoms with Gasteiger partial charge in [-0.15, -0.1) is 0 Å². The molecule has 3 aromatic rings. The molecule has 0 atom stereocenters. The third-order valence-corrected chi connectivity index (χ3v) is 4.04. The Labute approximate surface area is 145 Å². The van der Waals surface area contributed by atoms with E-state index in [0.29, 0.717) is 10.1 Å². The zero-order chi connectivity index (χ0) is 17.6. The molecular formula is C14H6BrClF3N3O2. The second-order valence-corrected chi connectivity index (χ2v) is 6.03. The van der Waals surface area contributed by atoms with Crippen molar-refractivity contribution in [3.05, 3.63) is 51.2 Å². The predicted octanol–water partition coefficient (Wildman–Crippen LogP) is 4.53. The Morgan fingerprint density at radius 1 is 1.25 bits per heavy atom. The molecule has 0 aliphatic carbocycles. The number of hydrogen-bond donors (Lipinski definition) is 1. The minimum atomic E-state index is -4.77. The van der Waals surface area contributed by atoms with E-state index in [1.807, 2.05) is 0 Å². The minimum absolute atomic E-state index is 0.000985. The van der Waals surface area contributed by atoms with Gasteiger partial charge in [0.15, 0.2) is 17.0 Å². The Hall–Kier alpha value is -2.13. The smallest absolute Gasteiger partial charge is 0.433 e. The zero-order valence-corrected chi connectivity index (χ0v) is 13.8. The number of hydrogen-bond acceptors (Lipinski definition) is 3. The minimum Gasteiger partial charge on any atom is -0.476 e. The number of nitrogens with zero attached hydrogens (tertiary/aromatic N) is 3. The van der Waals surface area contributed by atoms with Crippen LogP contribution in [0.4, 0.5) is 13.2 Å². The molecule has 0 fully saturated rings. The van der Waals surface area contributed by atoms with Gasteiger partial charge in [-0.1, -0.05) is 39.7 Å².